The zero-order valence-electron chi connectivity index (χ0n) is 10.6. The molecule has 0 nitrogen and oxygen atoms in total. The lowest BCUT2D eigenvalue weighted by Gasteiger charge is -2.19. The van der Waals surface area contributed by atoms with E-state index in [9.17, 15) is 0 Å². The molecule has 88 valence electrons. The molecule has 0 spiro atoms. The van der Waals surface area contributed by atoms with Crippen LogP contribution in [0.1, 0.15) is 53.4 Å². The molecule has 0 aliphatic rings. The summed E-state index contributed by atoms with van der Waals surface area (Å²) in [5.41, 5.74) is 1.40. The van der Waals surface area contributed by atoms with E-state index >= 15 is 0 Å². The fraction of sp³-hybridized carbons (Fsp3) is 0.714. The lowest BCUT2D eigenvalue weighted by molar-refractivity contribution is 0.580. The molecular formula is C14H25Cl. The van der Waals surface area contributed by atoms with Crippen molar-refractivity contribution in [3.63, 3.8) is 0 Å². The maximum Gasteiger partial charge on any atom is 0.0582 e. The van der Waals surface area contributed by atoms with Crippen LogP contribution < -0.4 is 0 Å². The second-order valence-electron chi connectivity index (χ2n) is 4.06. The summed E-state index contributed by atoms with van der Waals surface area (Å²) < 4.78 is 0. The Morgan fingerprint density at radius 1 is 1.27 bits per heavy atom. The summed E-state index contributed by atoms with van der Waals surface area (Å²) in [5, 5.41) is 0.180. The predicted molar refractivity (Wildman–Crippen MR) is 71.5 cm³/mol. The van der Waals surface area contributed by atoms with E-state index in [2.05, 4.69) is 45.9 Å². The van der Waals surface area contributed by atoms with E-state index in [0.717, 1.165) is 12.8 Å². The first-order chi connectivity index (χ1) is 7.17. The van der Waals surface area contributed by atoms with Gasteiger partial charge < -0.3 is 0 Å². The zero-order chi connectivity index (χ0) is 11.7. The molecule has 0 saturated carbocycles. The fourth-order valence-corrected chi connectivity index (χ4v) is 2.34. The Labute approximate surface area is 100 Å². The van der Waals surface area contributed by atoms with Gasteiger partial charge in [0.1, 0.15) is 0 Å². The normalized spacial score (nSPS) is 17.0. The molecule has 0 radical (unpaired) electrons. The summed E-state index contributed by atoms with van der Waals surface area (Å²) in [7, 11) is 0. The molecule has 0 N–H and O–H groups in total. The number of rotatable bonds is 7. The van der Waals surface area contributed by atoms with Crippen LogP contribution in [0.2, 0.25) is 0 Å². The highest BCUT2D eigenvalue weighted by Gasteiger charge is 2.14. The summed E-state index contributed by atoms with van der Waals surface area (Å²) in [6, 6.07) is 0. The van der Waals surface area contributed by atoms with Crippen LogP contribution in [0.15, 0.2) is 23.8 Å². The monoisotopic (exact) mass is 228 g/mol. The van der Waals surface area contributed by atoms with Gasteiger partial charge in [-0.25, -0.2) is 0 Å². The molecule has 15 heavy (non-hydrogen) atoms. The summed E-state index contributed by atoms with van der Waals surface area (Å²) in [5.74, 6) is 0.623. The van der Waals surface area contributed by atoms with Crippen LogP contribution in [0.5, 0.6) is 0 Å². The van der Waals surface area contributed by atoms with Crippen molar-refractivity contribution in [2.24, 2.45) is 5.92 Å². The largest absolute Gasteiger partial charge is 0.118 e. The molecule has 0 aliphatic heterocycles. The molecule has 0 saturated heterocycles. The van der Waals surface area contributed by atoms with Gasteiger partial charge >= 0.3 is 0 Å². The van der Waals surface area contributed by atoms with Crippen molar-refractivity contribution in [3.05, 3.63) is 23.8 Å². The van der Waals surface area contributed by atoms with E-state index in [-0.39, 0.29) is 5.38 Å². The van der Waals surface area contributed by atoms with Gasteiger partial charge in [-0.2, -0.15) is 0 Å². The van der Waals surface area contributed by atoms with Gasteiger partial charge in [-0.3, -0.25) is 0 Å². The lowest BCUT2D eigenvalue weighted by Crippen LogP contribution is -2.10. The second-order valence-corrected chi connectivity index (χ2v) is 4.59. The lowest BCUT2D eigenvalue weighted by atomic mass is 9.92. The van der Waals surface area contributed by atoms with Gasteiger partial charge in [0.25, 0.3) is 0 Å². The van der Waals surface area contributed by atoms with E-state index in [1.54, 1.807) is 0 Å². The molecule has 0 aromatic rings. The van der Waals surface area contributed by atoms with Gasteiger partial charge in [0, 0.05) is 0 Å². The van der Waals surface area contributed by atoms with Gasteiger partial charge in [0.2, 0.25) is 0 Å². The van der Waals surface area contributed by atoms with E-state index in [4.69, 9.17) is 11.6 Å². The van der Waals surface area contributed by atoms with E-state index < -0.39 is 0 Å². The van der Waals surface area contributed by atoms with E-state index in [0.29, 0.717) is 5.92 Å². The third kappa shape index (κ3) is 6.04. The molecule has 0 aromatic heterocycles. The van der Waals surface area contributed by atoms with E-state index in [1.165, 1.54) is 18.4 Å². The molecular weight excluding hydrogens is 204 g/mol. The van der Waals surface area contributed by atoms with Crippen molar-refractivity contribution >= 4 is 11.6 Å². The van der Waals surface area contributed by atoms with Crippen molar-refractivity contribution in [1.29, 1.82) is 0 Å². The van der Waals surface area contributed by atoms with Gasteiger partial charge in [-0.1, -0.05) is 51.0 Å². The van der Waals surface area contributed by atoms with Crippen LogP contribution in [0.4, 0.5) is 0 Å². The molecule has 0 fully saturated rings. The maximum absolute atomic E-state index is 6.39. The number of halogens is 1. The van der Waals surface area contributed by atoms with Crippen LogP contribution in [-0.4, -0.2) is 5.38 Å². The summed E-state index contributed by atoms with van der Waals surface area (Å²) >= 11 is 6.39. The van der Waals surface area contributed by atoms with Crippen molar-refractivity contribution in [2.45, 2.75) is 58.8 Å². The highest BCUT2D eigenvalue weighted by Crippen LogP contribution is 2.25. The minimum absolute atomic E-state index is 0.180. The van der Waals surface area contributed by atoms with Gasteiger partial charge in [-0.05, 0) is 32.1 Å². The number of allylic oxidation sites excluding steroid dienone is 4. The maximum atomic E-state index is 6.39. The molecule has 2 unspecified atom stereocenters. The standard InChI is InChI=1S/C14H25Cl/c1-5-8-9-11-14(15)13(7-3)12(4)10-6-2/h7-9,12,14H,5-6,10-11H2,1-4H3. The summed E-state index contributed by atoms with van der Waals surface area (Å²) in [6.45, 7) is 8.75. The molecule has 2 atom stereocenters. The Kier molecular flexibility index (Phi) is 8.89. The third-order valence-corrected chi connectivity index (χ3v) is 3.16. The quantitative estimate of drug-likeness (QED) is 0.408. The average molecular weight is 229 g/mol. The van der Waals surface area contributed by atoms with Gasteiger partial charge in [0.15, 0.2) is 0 Å². The summed E-state index contributed by atoms with van der Waals surface area (Å²) in [4.78, 5) is 0. The number of hydrogen-bond donors (Lipinski definition) is 0. The minimum Gasteiger partial charge on any atom is -0.118 e. The van der Waals surface area contributed by atoms with Gasteiger partial charge in [0.05, 0.1) is 5.38 Å². The Morgan fingerprint density at radius 2 is 1.93 bits per heavy atom. The first-order valence-electron chi connectivity index (χ1n) is 6.12. The van der Waals surface area contributed by atoms with Crippen molar-refractivity contribution in [3.8, 4) is 0 Å². The average Bonchev–Trinajstić information content (AvgIpc) is 2.19. The first kappa shape index (κ1) is 14.8. The van der Waals surface area contributed by atoms with Gasteiger partial charge in [-0.15, -0.1) is 11.6 Å². The molecule has 0 rings (SSSR count). The Morgan fingerprint density at radius 3 is 2.40 bits per heavy atom. The predicted octanol–water partition coefficient (Wildman–Crippen LogP) is 5.33. The topological polar surface area (TPSA) is 0 Å². The van der Waals surface area contributed by atoms with Crippen molar-refractivity contribution < 1.29 is 0 Å². The molecule has 0 amide bonds. The Bertz CT molecular complexity index is 203. The first-order valence-corrected chi connectivity index (χ1v) is 6.56. The van der Waals surface area contributed by atoms with Crippen molar-refractivity contribution in [2.75, 3.05) is 0 Å². The minimum atomic E-state index is 0.180. The fourth-order valence-electron chi connectivity index (χ4n) is 1.89. The highest BCUT2D eigenvalue weighted by molar-refractivity contribution is 6.22. The van der Waals surface area contributed by atoms with Crippen LogP contribution in [0, 0.1) is 5.92 Å². The van der Waals surface area contributed by atoms with Crippen LogP contribution in [-0.2, 0) is 0 Å². The smallest absolute Gasteiger partial charge is 0.0582 e. The Balaban J connectivity index is 4.22. The van der Waals surface area contributed by atoms with Crippen LogP contribution in [0.3, 0.4) is 0 Å². The highest BCUT2D eigenvalue weighted by atomic mass is 35.5. The molecule has 1 heteroatoms. The van der Waals surface area contributed by atoms with Crippen molar-refractivity contribution in [1.82, 2.24) is 0 Å². The number of hydrogen-bond acceptors (Lipinski definition) is 0. The SMILES string of the molecule is CC=C(C(C)CCC)C(Cl)CC=CCC. The van der Waals surface area contributed by atoms with Crippen LogP contribution >= 0.6 is 11.6 Å². The molecule has 0 heterocycles. The summed E-state index contributed by atoms with van der Waals surface area (Å²) in [6.07, 6.45) is 11.1. The zero-order valence-corrected chi connectivity index (χ0v) is 11.3. The Hall–Kier alpha value is -0.230. The molecule has 0 aromatic carbocycles. The third-order valence-electron chi connectivity index (χ3n) is 2.73. The molecule has 0 aliphatic carbocycles. The number of alkyl halides is 1. The van der Waals surface area contributed by atoms with E-state index in [1.807, 2.05) is 0 Å². The van der Waals surface area contributed by atoms with Crippen LogP contribution in [0.25, 0.3) is 0 Å². The second kappa shape index (κ2) is 9.03. The molecule has 0 bridgehead atoms.